The molecule has 108 valence electrons. The van der Waals surface area contributed by atoms with Crippen molar-refractivity contribution in [1.82, 2.24) is 0 Å². The normalized spacial score (nSPS) is 10.2. The summed E-state index contributed by atoms with van der Waals surface area (Å²) in [4.78, 5) is 22.0. The topological polar surface area (TPSA) is 69.4 Å². The van der Waals surface area contributed by atoms with Crippen molar-refractivity contribution < 1.29 is 18.8 Å². The van der Waals surface area contributed by atoms with Gasteiger partial charge >= 0.3 is 5.69 Å². The number of halogens is 2. The van der Waals surface area contributed by atoms with Crippen molar-refractivity contribution in [2.45, 2.75) is 0 Å². The van der Waals surface area contributed by atoms with Crippen LogP contribution in [0.25, 0.3) is 0 Å². The molecule has 0 saturated carbocycles. The largest absolute Gasteiger partial charge is 0.478 e. The Kier molecular flexibility index (Phi) is 4.64. The zero-order chi connectivity index (χ0) is 15.4. The Morgan fingerprint density at radius 1 is 1.29 bits per heavy atom. The Hall–Kier alpha value is -2.28. The molecule has 0 fully saturated rings. The number of benzene rings is 2. The molecule has 2 rings (SSSR count). The second kappa shape index (κ2) is 6.45. The highest BCUT2D eigenvalue weighted by Crippen LogP contribution is 2.36. The van der Waals surface area contributed by atoms with Gasteiger partial charge < -0.3 is 4.74 Å². The van der Waals surface area contributed by atoms with Crippen molar-refractivity contribution in [3.63, 3.8) is 0 Å². The van der Waals surface area contributed by atoms with Gasteiger partial charge in [0.25, 0.3) is 0 Å². The number of nitro benzene ring substituents is 1. The van der Waals surface area contributed by atoms with Gasteiger partial charge in [-0.2, -0.15) is 0 Å². The summed E-state index contributed by atoms with van der Waals surface area (Å²) in [6.45, 7) is -0.380. The number of ketones is 1. The summed E-state index contributed by atoms with van der Waals surface area (Å²) >= 11 is 2.99. The molecule has 2 aromatic rings. The van der Waals surface area contributed by atoms with Crippen LogP contribution in [0.1, 0.15) is 10.4 Å². The van der Waals surface area contributed by atoms with Gasteiger partial charge in [-0.05, 0) is 22.0 Å². The lowest BCUT2D eigenvalue weighted by Gasteiger charge is -2.08. The molecule has 0 atom stereocenters. The summed E-state index contributed by atoms with van der Waals surface area (Å²) < 4.78 is 18.4. The number of carbonyl (C=O) groups is 1. The zero-order valence-corrected chi connectivity index (χ0v) is 12.2. The molecular formula is C14H9BrFNO4. The number of nitrogens with zero attached hydrogens (tertiary/aromatic N) is 1. The summed E-state index contributed by atoms with van der Waals surface area (Å²) in [5.74, 6) is -1.28. The lowest BCUT2D eigenvalue weighted by molar-refractivity contribution is -0.386. The fourth-order valence-electron chi connectivity index (χ4n) is 1.67. The number of hydrogen-bond acceptors (Lipinski definition) is 4. The second-order valence-electron chi connectivity index (χ2n) is 4.07. The van der Waals surface area contributed by atoms with Gasteiger partial charge in [-0.3, -0.25) is 14.9 Å². The molecule has 0 radical (unpaired) electrons. The number of ether oxygens (including phenoxy) is 1. The van der Waals surface area contributed by atoms with Crippen LogP contribution >= 0.6 is 15.9 Å². The summed E-state index contributed by atoms with van der Waals surface area (Å²) in [5.41, 5.74) is -0.110. The Labute approximate surface area is 127 Å². The first-order valence-electron chi connectivity index (χ1n) is 5.83. The molecule has 21 heavy (non-hydrogen) atoms. The maximum atomic E-state index is 13.2. The van der Waals surface area contributed by atoms with Gasteiger partial charge in [0.1, 0.15) is 5.82 Å². The minimum Gasteiger partial charge on any atom is -0.478 e. The Morgan fingerprint density at radius 3 is 2.57 bits per heavy atom. The van der Waals surface area contributed by atoms with Crippen molar-refractivity contribution in [3.8, 4) is 5.75 Å². The van der Waals surface area contributed by atoms with Gasteiger partial charge in [-0.15, -0.1) is 0 Å². The first kappa shape index (κ1) is 15.1. The van der Waals surface area contributed by atoms with Crippen LogP contribution in [0.15, 0.2) is 46.9 Å². The summed E-state index contributed by atoms with van der Waals surface area (Å²) in [7, 11) is 0. The average Bonchev–Trinajstić information content (AvgIpc) is 2.46. The third-order valence-corrected chi connectivity index (χ3v) is 3.22. The van der Waals surface area contributed by atoms with Crippen molar-refractivity contribution in [2.24, 2.45) is 0 Å². The molecule has 0 unspecified atom stereocenters. The molecule has 0 aromatic heterocycles. The molecule has 0 amide bonds. The van der Waals surface area contributed by atoms with E-state index in [0.29, 0.717) is 5.56 Å². The van der Waals surface area contributed by atoms with Gasteiger partial charge in [-0.1, -0.05) is 30.3 Å². The molecule has 5 nitrogen and oxygen atoms in total. The molecule has 0 N–H and O–H groups in total. The van der Waals surface area contributed by atoms with Gasteiger partial charge in [0, 0.05) is 5.56 Å². The van der Waals surface area contributed by atoms with Crippen molar-refractivity contribution in [1.29, 1.82) is 0 Å². The van der Waals surface area contributed by atoms with E-state index in [-0.39, 0.29) is 22.6 Å². The van der Waals surface area contributed by atoms with Crippen LogP contribution in [0.3, 0.4) is 0 Å². The number of hydrogen-bond donors (Lipinski definition) is 0. The van der Waals surface area contributed by atoms with Crippen LogP contribution < -0.4 is 4.74 Å². The Balaban J connectivity index is 2.21. The van der Waals surface area contributed by atoms with E-state index in [1.807, 2.05) is 0 Å². The van der Waals surface area contributed by atoms with Crippen LogP contribution in [0.2, 0.25) is 0 Å². The van der Waals surface area contributed by atoms with E-state index in [1.165, 1.54) is 0 Å². The molecule has 0 aliphatic carbocycles. The maximum Gasteiger partial charge on any atom is 0.315 e. The van der Waals surface area contributed by atoms with Crippen LogP contribution in [0, 0.1) is 15.9 Å². The monoisotopic (exact) mass is 353 g/mol. The number of Topliss-reactive ketones (excluding diaryl/α,β-unsaturated/α-hetero) is 1. The van der Waals surface area contributed by atoms with Crippen LogP contribution in [0.5, 0.6) is 5.75 Å². The highest BCUT2D eigenvalue weighted by Gasteiger charge is 2.21. The van der Waals surface area contributed by atoms with Gasteiger partial charge in [0.15, 0.2) is 12.4 Å². The molecule has 0 aliphatic heterocycles. The van der Waals surface area contributed by atoms with Crippen molar-refractivity contribution in [3.05, 3.63) is 68.4 Å². The first-order valence-corrected chi connectivity index (χ1v) is 6.63. The lowest BCUT2D eigenvalue weighted by Crippen LogP contribution is -2.12. The minimum absolute atomic E-state index is 0.0788. The molecule has 0 saturated heterocycles. The summed E-state index contributed by atoms with van der Waals surface area (Å²) in [5, 5.41) is 10.9. The number of carbonyl (C=O) groups excluding carboxylic acids is 1. The van der Waals surface area contributed by atoms with E-state index < -0.39 is 16.4 Å². The molecule has 0 aliphatic rings. The summed E-state index contributed by atoms with van der Waals surface area (Å²) in [6, 6.07) is 10.2. The molecular weight excluding hydrogens is 345 g/mol. The van der Waals surface area contributed by atoms with Crippen LogP contribution in [-0.2, 0) is 0 Å². The zero-order valence-electron chi connectivity index (χ0n) is 10.6. The lowest BCUT2D eigenvalue weighted by atomic mass is 10.1. The van der Waals surface area contributed by atoms with E-state index >= 15 is 0 Å². The number of rotatable bonds is 5. The Bertz CT molecular complexity index is 691. The predicted molar refractivity (Wildman–Crippen MR) is 77.0 cm³/mol. The fourth-order valence-corrected chi connectivity index (χ4v) is 2.21. The van der Waals surface area contributed by atoms with E-state index in [1.54, 1.807) is 30.3 Å². The van der Waals surface area contributed by atoms with Gasteiger partial charge in [0.05, 0.1) is 15.5 Å². The highest BCUT2D eigenvalue weighted by molar-refractivity contribution is 9.10. The van der Waals surface area contributed by atoms with Gasteiger partial charge in [0.2, 0.25) is 5.75 Å². The van der Waals surface area contributed by atoms with E-state index in [4.69, 9.17) is 4.74 Å². The molecule has 0 bridgehead atoms. The van der Waals surface area contributed by atoms with Gasteiger partial charge in [-0.25, -0.2) is 4.39 Å². The van der Waals surface area contributed by atoms with Crippen LogP contribution in [0.4, 0.5) is 10.1 Å². The first-order chi connectivity index (χ1) is 9.99. The maximum absolute atomic E-state index is 13.2. The smallest absolute Gasteiger partial charge is 0.315 e. The van der Waals surface area contributed by atoms with Crippen molar-refractivity contribution >= 4 is 27.4 Å². The minimum atomic E-state index is -0.768. The predicted octanol–water partition coefficient (Wildman–Crippen LogP) is 3.76. The average molecular weight is 354 g/mol. The second-order valence-corrected chi connectivity index (χ2v) is 4.93. The fraction of sp³-hybridized carbons (Fsp3) is 0.0714. The number of nitro groups is 1. The quantitative estimate of drug-likeness (QED) is 0.466. The standard InChI is InChI=1S/C14H9BrFNO4/c15-11-6-10(16)7-12(17(19)20)14(11)21-8-13(18)9-4-2-1-3-5-9/h1-7H,8H2. The summed E-state index contributed by atoms with van der Waals surface area (Å²) in [6.07, 6.45) is 0. The highest BCUT2D eigenvalue weighted by atomic mass is 79.9. The third-order valence-electron chi connectivity index (χ3n) is 2.63. The molecule has 0 heterocycles. The van der Waals surface area contributed by atoms with E-state index in [2.05, 4.69) is 15.9 Å². The Morgan fingerprint density at radius 2 is 1.95 bits per heavy atom. The van der Waals surface area contributed by atoms with E-state index in [0.717, 1.165) is 12.1 Å². The van der Waals surface area contributed by atoms with Crippen LogP contribution in [-0.4, -0.2) is 17.3 Å². The van der Waals surface area contributed by atoms with Crippen molar-refractivity contribution in [2.75, 3.05) is 6.61 Å². The molecule has 2 aromatic carbocycles. The third kappa shape index (κ3) is 3.63. The molecule has 0 spiro atoms. The van der Waals surface area contributed by atoms with E-state index in [9.17, 15) is 19.3 Å². The SMILES string of the molecule is O=C(COc1c(Br)cc(F)cc1[N+](=O)[O-])c1ccccc1. The molecule has 7 heteroatoms.